The lowest BCUT2D eigenvalue weighted by atomic mass is 10.1. The molecule has 0 saturated heterocycles. The average molecular weight is 392 g/mol. The number of nitrogens with two attached hydrogens (primary N) is 1. The summed E-state index contributed by atoms with van der Waals surface area (Å²) < 4.78 is 14.6. The van der Waals surface area contributed by atoms with Gasteiger partial charge in [-0.1, -0.05) is 24.6 Å². The van der Waals surface area contributed by atoms with Gasteiger partial charge in [0.2, 0.25) is 0 Å². The zero-order valence-electron chi connectivity index (χ0n) is 10.3. The van der Waals surface area contributed by atoms with E-state index < -0.39 is 0 Å². The number of aryl methyl sites for hydroxylation is 1. The van der Waals surface area contributed by atoms with E-state index in [2.05, 4.69) is 32.6 Å². The van der Waals surface area contributed by atoms with Crippen LogP contribution in [0.1, 0.15) is 24.0 Å². The van der Waals surface area contributed by atoms with Crippen molar-refractivity contribution in [2.24, 2.45) is 0 Å². The predicted octanol–water partition coefficient (Wildman–Crippen LogP) is 3.61. The van der Waals surface area contributed by atoms with Crippen LogP contribution in [-0.2, 0) is 12.8 Å². The molecule has 0 bridgehead atoms. The predicted molar refractivity (Wildman–Crippen MR) is 82.8 cm³/mol. The standard InChI is InChI=1S/C13H12ClFIN3/c1-2-10-12(16)13(17)19-11(18-10)6-7-8(14)4-3-5-9(7)15/h3-5H,2,6H2,1H3,(H2,17,18,19). The minimum Gasteiger partial charge on any atom is -0.383 e. The summed E-state index contributed by atoms with van der Waals surface area (Å²) >= 11 is 8.11. The lowest BCUT2D eigenvalue weighted by Crippen LogP contribution is -2.08. The van der Waals surface area contributed by atoms with E-state index in [1.807, 2.05) is 6.92 Å². The largest absolute Gasteiger partial charge is 0.383 e. The van der Waals surface area contributed by atoms with Crippen LogP contribution in [0.5, 0.6) is 0 Å². The van der Waals surface area contributed by atoms with Gasteiger partial charge in [0.15, 0.2) is 0 Å². The molecule has 0 saturated carbocycles. The summed E-state index contributed by atoms with van der Waals surface area (Å²) in [6, 6.07) is 4.59. The van der Waals surface area contributed by atoms with Gasteiger partial charge in [-0.3, -0.25) is 0 Å². The summed E-state index contributed by atoms with van der Waals surface area (Å²) in [5, 5.41) is 0.374. The Bertz CT molecular complexity index is 599. The summed E-state index contributed by atoms with van der Waals surface area (Å²) in [5.74, 6) is 0.558. The first-order chi connectivity index (χ1) is 9.02. The van der Waals surface area contributed by atoms with Crippen LogP contribution in [0.3, 0.4) is 0 Å². The van der Waals surface area contributed by atoms with E-state index in [0.717, 1.165) is 15.7 Å². The van der Waals surface area contributed by atoms with Crippen molar-refractivity contribution < 1.29 is 4.39 Å². The van der Waals surface area contributed by atoms with Gasteiger partial charge in [0.1, 0.15) is 17.5 Å². The maximum atomic E-state index is 13.7. The van der Waals surface area contributed by atoms with Crippen LogP contribution in [0, 0.1) is 9.39 Å². The van der Waals surface area contributed by atoms with E-state index in [9.17, 15) is 4.39 Å². The van der Waals surface area contributed by atoms with Crippen molar-refractivity contribution in [1.82, 2.24) is 9.97 Å². The van der Waals surface area contributed by atoms with Crippen LogP contribution in [-0.4, -0.2) is 9.97 Å². The van der Waals surface area contributed by atoms with Crippen molar-refractivity contribution in [2.45, 2.75) is 19.8 Å². The number of aromatic nitrogens is 2. The number of hydrogen-bond donors (Lipinski definition) is 1. The molecule has 2 rings (SSSR count). The number of nitrogen functional groups attached to an aromatic ring is 1. The minimum absolute atomic E-state index is 0.236. The van der Waals surface area contributed by atoms with Gasteiger partial charge < -0.3 is 5.73 Å². The highest BCUT2D eigenvalue weighted by Crippen LogP contribution is 2.23. The second-order valence-corrected chi connectivity index (χ2v) is 5.50. The molecular weight excluding hydrogens is 380 g/mol. The fourth-order valence-corrected chi connectivity index (χ4v) is 2.59. The van der Waals surface area contributed by atoms with Gasteiger partial charge in [0.25, 0.3) is 0 Å². The molecule has 1 aromatic carbocycles. The normalized spacial score (nSPS) is 10.7. The van der Waals surface area contributed by atoms with Crippen LogP contribution >= 0.6 is 34.2 Å². The Kier molecular flexibility index (Phi) is 4.57. The van der Waals surface area contributed by atoms with Crippen molar-refractivity contribution in [3.8, 4) is 0 Å². The molecule has 3 nitrogen and oxygen atoms in total. The highest BCUT2D eigenvalue weighted by molar-refractivity contribution is 14.1. The Labute approximate surface area is 129 Å². The summed E-state index contributed by atoms with van der Waals surface area (Å²) in [6.45, 7) is 1.99. The van der Waals surface area contributed by atoms with E-state index in [0.29, 0.717) is 22.2 Å². The fourth-order valence-electron chi connectivity index (χ4n) is 1.74. The van der Waals surface area contributed by atoms with Gasteiger partial charge in [-0.05, 0) is 41.1 Å². The van der Waals surface area contributed by atoms with Crippen LogP contribution in [0.2, 0.25) is 5.02 Å². The van der Waals surface area contributed by atoms with Crippen molar-refractivity contribution in [1.29, 1.82) is 0 Å². The zero-order valence-corrected chi connectivity index (χ0v) is 13.2. The van der Waals surface area contributed by atoms with Gasteiger partial charge in [0.05, 0.1) is 9.26 Å². The molecule has 2 N–H and O–H groups in total. The monoisotopic (exact) mass is 391 g/mol. The molecular formula is C13H12ClFIN3. The second-order valence-electron chi connectivity index (χ2n) is 4.02. The van der Waals surface area contributed by atoms with Crippen molar-refractivity contribution >= 4 is 40.0 Å². The molecule has 0 atom stereocenters. The second kappa shape index (κ2) is 6.00. The number of rotatable bonds is 3. The molecule has 0 aliphatic rings. The highest BCUT2D eigenvalue weighted by atomic mass is 127. The summed E-state index contributed by atoms with van der Waals surface area (Å²) in [4.78, 5) is 8.60. The highest BCUT2D eigenvalue weighted by Gasteiger charge is 2.13. The maximum absolute atomic E-state index is 13.7. The summed E-state index contributed by atoms with van der Waals surface area (Å²) in [5.41, 5.74) is 7.11. The number of anilines is 1. The first kappa shape index (κ1) is 14.5. The Morgan fingerprint density at radius 3 is 2.74 bits per heavy atom. The van der Waals surface area contributed by atoms with Gasteiger partial charge >= 0.3 is 0 Å². The molecule has 0 radical (unpaired) electrons. The van der Waals surface area contributed by atoms with Crippen molar-refractivity contribution in [2.75, 3.05) is 5.73 Å². The Morgan fingerprint density at radius 1 is 1.37 bits per heavy atom. The topological polar surface area (TPSA) is 51.8 Å². The summed E-state index contributed by atoms with van der Waals surface area (Å²) in [7, 11) is 0. The maximum Gasteiger partial charge on any atom is 0.140 e. The number of halogens is 3. The Morgan fingerprint density at radius 2 is 2.11 bits per heavy atom. The quantitative estimate of drug-likeness (QED) is 0.813. The van der Waals surface area contributed by atoms with E-state index >= 15 is 0 Å². The molecule has 6 heteroatoms. The number of nitrogens with zero attached hydrogens (tertiary/aromatic N) is 2. The SMILES string of the molecule is CCc1nc(Cc2c(F)cccc2Cl)nc(N)c1I. The first-order valence-electron chi connectivity index (χ1n) is 5.76. The van der Waals surface area contributed by atoms with Crippen LogP contribution in [0.25, 0.3) is 0 Å². The number of benzene rings is 1. The molecule has 0 amide bonds. The van der Waals surface area contributed by atoms with E-state index in [1.165, 1.54) is 6.07 Å². The van der Waals surface area contributed by atoms with Crippen molar-refractivity contribution in [3.63, 3.8) is 0 Å². The molecule has 100 valence electrons. The van der Waals surface area contributed by atoms with Gasteiger partial charge in [-0.15, -0.1) is 0 Å². The molecule has 1 aromatic heterocycles. The van der Waals surface area contributed by atoms with Crippen molar-refractivity contribution in [3.05, 3.63) is 49.7 Å². The first-order valence-corrected chi connectivity index (χ1v) is 7.22. The molecule has 0 fully saturated rings. The third-order valence-electron chi connectivity index (χ3n) is 2.72. The Balaban J connectivity index is 2.41. The molecule has 2 aromatic rings. The molecule has 0 aliphatic carbocycles. The lowest BCUT2D eigenvalue weighted by Gasteiger charge is -2.09. The third-order valence-corrected chi connectivity index (χ3v) is 4.25. The molecule has 0 spiro atoms. The minimum atomic E-state index is -0.355. The van der Waals surface area contributed by atoms with Crippen LogP contribution in [0.15, 0.2) is 18.2 Å². The van der Waals surface area contributed by atoms with E-state index in [-0.39, 0.29) is 12.2 Å². The molecule has 0 unspecified atom stereocenters. The van der Waals surface area contributed by atoms with Gasteiger partial charge in [-0.25, -0.2) is 14.4 Å². The van der Waals surface area contributed by atoms with E-state index in [1.54, 1.807) is 12.1 Å². The molecule has 0 aliphatic heterocycles. The molecule has 19 heavy (non-hydrogen) atoms. The Hall–Kier alpha value is -0.950. The van der Waals surface area contributed by atoms with Gasteiger partial charge in [-0.2, -0.15) is 0 Å². The smallest absolute Gasteiger partial charge is 0.140 e. The summed E-state index contributed by atoms with van der Waals surface area (Å²) in [6.07, 6.45) is 0.989. The average Bonchev–Trinajstić information content (AvgIpc) is 2.38. The number of hydrogen-bond acceptors (Lipinski definition) is 3. The van der Waals surface area contributed by atoms with Crippen LogP contribution < -0.4 is 5.73 Å². The van der Waals surface area contributed by atoms with Crippen LogP contribution in [0.4, 0.5) is 10.2 Å². The fraction of sp³-hybridized carbons (Fsp3) is 0.231. The lowest BCUT2D eigenvalue weighted by molar-refractivity contribution is 0.612. The third kappa shape index (κ3) is 3.14. The molecule has 1 heterocycles. The zero-order chi connectivity index (χ0) is 14.0. The van der Waals surface area contributed by atoms with E-state index in [4.69, 9.17) is 17.3 Å². The van der Waals surface area contributed by atoms with Gasteiger partial charge in [0, 0.05) is 17.0 Å².